The van der Waals surface area contributed by atoms with Gasteiger partial charge < -0.3 is 48.0 Å². The van der Waals surface area contributed by atoms with Gasteiger partial charge in [0.1, 0.15) is 36.1 Å². The highest BCUT2D eigenvalue weighted by molar-refractivity contribution is 5.82. The molecule has 1 aromatic rings. The zero-order valence-electron chi connectivity index (χ0n) is 20.4. The van der Waals surface area contributed by atoms with Crippen LogP contribution in [-0.2, 0) is 20.7 Å². The Morgan fingerprint density at radius 2 is 1.45 bits per heavy atom. The molecule has 0 radical (unpaired) electrons. The second-order valence-electron chi connectivity index (χ2n) is 10.4. The number of carbonyl (C=O) groups is 2. The Bertz CT molecular complexity index is 701. The number of alkyl carbamates (subject to hydrolysis) is 1. The van der Waals surface area contributed by atoms with E-state index in [0.717, 1.165) is 22.3 Å². The topological polar surface area (TPSA) is 73.9 Å². The molecule has 31 heavy (non-hydrogen) atoms. The number of benzene rings is 1. The minimum absolute atomic E-state index is 0. The summed E-state index contributed by atoms with van der Waals surface area (Å²) >= 11 is 0. The van der Waals surface area contributed by atoms with Crippen LogP contribution in [0.25, 0.3) is 0 Å². The summed E-state index contributed by atoms with van der Waals surface area (Å²) in [4.78, 5) is 24.9. The van der Waals surface area contributed by atoms with Gasteiger partial charge >= 0.3 is 12.1 Å². The van der Waals surface area contributed by atoms with Gasteiger partial charge in [0.05, 0.1) is 21.1 Å². The van der Waals surface area contributed by atoms with Crippen LogP contribution < -0.4 is 34.0 Å². The van der Waals surface area contributed by atoms with Gasteiger partial charge in [-0.3, -0.25) is 0 Å². The van der Waals surface area contributed by atoms with Gasteiger partial charge in [0.15, 0.2) is 0 Å². The van der Waals surface area contributed by atoms with Crippen LogP contribution in [0.1, 0.15) is 47.1 Å². The molecule has 1 atom stereocenters. The molecule has 0 aliphatic carbocycles. The first-order valence-electron chi connectivity index (χ1n) is 10.3. The molecular formula is C23H39IN2O5. The Morgan fingerprint density at radius 3 is 1.90 bits per heavy atom. The summed E-state index contributed by atoms with van der Waals surface area (Å²) in [6.07, 6.45) is -0.369. The summed E-state index contributed by atoms with van der Waals surface area (Å²) in [7, 11) is 6.34. The minimum Gasteiger partial charge on any atom is -1.00 e. The lowest BCUT2D eigenvalue weighted by molar-refractivity contribution is -0.870. The summed E-state index contributed by atoms with van der Waals surface area (Å²) < 4.78 is 17.4. The average molecular weight is 550 g/mol. The van der Waals surface area contributed by atoms with E-state index >= 15 is 0 Å². The van der Waals surface area contributed by atoms with E-state index in [2.05, 4.69) is 26.5 Å². The number of hydrogen-bond acceptors (Lipinski definition) is 5. The molecule has 0 saturated carbocycles. The fourth-order valence-electron chi connectivity index (χ4n) is 2.41. The zero-order chi connectivity index (χ0) is 23.2. The largest absolute Gasteiger partial charge is 1.00 e. The quantitative estimate of drug-likeness (QED) is 0.291. The highest BCUT2D eigenvalue weighted by Crippen LogP contribution is 2.16. The molecule has 0 bridgehead atoms. The summed E-state index contributed by atoms with van der Waals surface area (Å²) in [5, 5.41) is 2.64. The standard InChI is InChI=1S/C23H38N2O5.HI/c1-22(2,3)29-20(26)19(24-21(27)30-23(4,5)6)16-17-10-12-18(13-11-17)28-15-14-25(7,8)9;/h10-13,19H,14-16H2,1-9H3;1H/t19-;/m0./s1. The molecule has 178 valence electrons. The van der Waals surface area contributed by atoms with Crippen LogP contribution in [0.2, 0.25) is 0 Å². The first-order chi connectivity index (χ1) is 13.5. The number of carbonyl (C=O) groups excluding carboxylic acids is 2. The van der Waals surface area contributed by atoms with Gasteiger partial charge in [-0.1, -0.05) is 12.1 Å². The van der Waals surface area contributed by atoms with Crippen molar-refractivity contribution < 1.29 is 52.3 Å². The maximum absolute atomic E-state index is 12.6. The van der Waals surface area contributed by atoms with Crippen molar-refractivity contribution >= 4 is 12.1 Å². The minimum atomic E-state index is -0.857. The molecule has 1 N–H and O–H groups in total. The monoisotopic (exact) mass is 550 g/mol. The molecule has 0 fully saturated rings. The third-order valence-electron chi connectivity index (χ3n) is 3.78. The number of nitrogens with one attached hydrogen (secondary N) is 1. The molecule has 0 spiro atoms. The van der Waals surface area contributed by atoms with E-state index in [-0.39, 0.29) is 30.4 Å². The fourth-order valence-corrected chi connectivity index (χ4v) is 2.41. The van der Waals surface area contributed by atoms with Crippen LogP contribution >= 0.6 is 0 Å². The lowest BCUT2D eigenvalue weighted by Crippen LogP contribution is -3.00. The van der Waals surface area contributed by atoms with Gasteiger partial charge in [0.2, 0.25) is 0 Å². The van der Waals surface area contributed by atoms with Crippen molar-refractivity contribution in [3.8, 4) is 5.75 Å². The predicted molar refractivity (Wildman–Crippen MR) is 118 cm³/mol. The first kappa shape index (κ1) is 29.5. The van der Waals surface area contributed by atoms with E-state index in [9.17, 15) is 9.59 Å². The summed E-state index contributed by atoms with van der Waals surface area (Å²) in [5.74, 6) is 0.262. The highest BCUT2D eigenvalue weighted by atomic mass is 127. The van der Waals surface area contributed by atoms with Crippen LogP contribution in [0.5, 0.6) is 5.75 Å². The van der Waals surface area contributed by atoms with Crippen LogP contribution in [0.15, 0.2) is 24.3 Å². The van der Waals surface area contributed by atoms with E-state index in [1.54, 1.807) is 41.5 Å². The highest BCUT2D eigenvalue weighted by Gasteiger charge is 2.29. The van der Waals surface area contributed by atoms with E-state index in [4.69, 9.17) is 14.2 Å². The van der Waals surface area contributed by atoms with Crippen molar-refractivity contribution in [2.75, 3.05) is 34.3 Å². The summed E-state index contributed by atoms with van der Waals surface area (Å²) in [5.41, 5.74) is -0.442. The Labute approximate surface area is 204 Å². The molecule has 0 aliphatic rings. The number of nitrogens with zero attached hydrogens (tertiary/aromatic N) is 1. The molecule has 0 unspecified atom stereocenters. The lowest BCUT2D eigenvalue weighted by Gasteiger charge is -2.26. The molecule has 0 saturated heterocycles. The van der Waals surface area contributed by atoms with Crippen molar-refractivity contribution in [3.05, 3.63) is 29.8 Å². The van der Waals surface area contributed by atoms with Gasteiger partial charge in [-0.25, -0.2) is 9.59 Å². The fraction of sp³-hybridized carbons (Fsp3) is 0.652. The molecule has 1 rings (SSSR count). The van der Waals surface area contributed by atoms with E-state index < -0.39 is 29.3 Å². The smallest absolute Gasteiger partial charge is 0.408 e. The number of hydrogen-bond donors (Lipinski definition) is 1. The number of rotatable bonds is 8. The van der Waals surface area contributed by atoms with Gasteiger partial charge in [-0.2, -0.15) is 0 Å². The molecular weight excluding hydrogens is 511 g/mol. The van der Waals surface area contributed by atoms with Crippen LogP contribution in [0.3, 0.4) is 0 Å². The maximum Gasteiger partial charge on any atom is 0.408 e. The number of halogens is 1. The summed E-state index contributed by atoms with van der Waals surface area (Å²) in [6, 6.07) is 6.64. The number of ether oxygens (including phenoxy) is 3. The van der Waals surface area contributed by atoms with Crippen molar-refractivity contribution in [1.82, 2.24) is 5.32 Å². The molecule has 0 aliphatic heterocycles. The van der Waals surface area contributed by atoms with Crippen LogP contribution in [0.4, 0.5) is 4.79 Å². The molecule has 1 amide bonds. The third kappa shape index (κ3) is 14.2. The van der Waals surface area contributed by atoms with Crippen molar-refractivity contribution in [2.45, 2.75) is 65.2 Å². The van der Waals surface area contributed by atoms with Gasteiger partial charge in [0, 0.05) is 6.42 Å². The second kappa shape index (κ2) is 11.9. The Hall–Kier alpha value is -1.55. The van der Waals surface area contributed by atoms with E-state index in [1.165, 1.54) is 0 Å². The van der Waals surface area contributed by atoms with Gasteiger partial charge in [-0.15, -0.1) is 0 Å². The van der Waals surface area contributed by atoms with E-state index in [1.807, 2.05) is 24.3 Å². The number of esters is 1. The normalized spacial score (nSPS) is 12.9. The third-order valence-corrected chi connectivity index (χ3v) is 3.78. The summed E-state index contributed by atoms with van der Waals surface area (Å²) in [6.45, 7) is 12.2. The molecule has 0 aromatic heterocycles. The SMILES string of the molecule is CC(C)(C)OC(=O)N[C@@H](Cc1ccc(OCC[N+](C)(C)C)cc1)C(=O)OC(C)(C)C.[I-]. The van der Waals surface area contributed by atoms with Crippen LogP contribution in [-0.4, -0.2) is 68.1 Å². The maximum atomic E-state index is 12.6. The number of amides is 1. The molecule has 0 heterocycles. The molecule has 8 heteroatoms. The Balaban J connectivity index is 0.00000900. The van der Waals surface area contributed by atoms with E-state index in [0.29, 0.717) is 6.61 Å². The first-order valence-corrected chi connectivity index (χ1v) is 10.3. The lowest BCUT2D eigenvalue weighted by atomic mass is 10.1. The second-order valence-corrected chi connectivity index (χ2v) is 10.4. The van der Waals surface area contributed by atoms with Crippen molar-refractivity contribution in [1.29, 1.82) is 0 Å². The number of quaternary nitrogens is 1. The van der Waals surface area contributed by atoms with Gasteiger partial charge in [0.25, 0.3) is 0 Å². The Morgan fingerprint density at radius 1 is 0.935 bits per heavy atom. The van der Waals surface area contributed by atoms with Crippen molar-refractivity contribution in [3.63, 3.8) is 0 Å². The Kier molecular flexibility index (Phi) is 11.3. The predicted octanol–water partition coefficient (Wildman–Crippen LogP) is 0.553. The average Bonchev–Trinajstić information content (AvgIpc) is 2.51. The molecule has 1 aromatic carbocycles. The van der Waals surface area contributed by atoms with Crippen molar-refractivity contribution in [2.24, 2.45) is 0 Å². The van der Waals surface area contributed by atoms with Gasteiger partial charge in [-0.05, 0) is 59.2 Å². The molecule has 7 nitrogen and oxygen atoms in total. The number of likely N-dealkylation sites (N-methyl/N-ethyl adjacent to an activating group) is 1. The van der Waals surface area contributed by atoms with Crippen LogP contribution in [0, 0.1) is 0 Å². The zero-order valence-corrected chi connectivity index (χ0v) is 22.5.